The maximum Gasteiger partial charge on any atom is 0.123 e. The number of aryl methyl sites for hydroxylation is 1. The van der Waals surface area contributed by atoms with Gasteiger partial charge in [-0.3, -0.25) is 4.98 Å². The highest BCUT2D eigenvalue weighted by Crippen LogP contribution is 2.36. The summed E-state index contributed by atoms with van der Waals surface area (Å²) in [7, 11) is 0. The smallest absolute Gasteiger partial charge is 0.123 e. The standard InChI is InChI=1S/C15H12N2OS/c1-10-15(17-9-8-16-10)19-14-7-6-13(18)11-4-2-3-5-12(11)14/h2-9,18H,1H3. The van der Waals surface area contributed by atoms with Gasteiger partial charge in [0.1, 0.15) is 10.8 Å². The summed E-state index contributed by atoms with van der Waals surface area (Å²) in [6.45, 7) is 1.94. The molecule has 19 heavy (non-hydrogen) atoms. The lowest BCUT2D eigenvalue weighted by molar-refractivity contribution is 0.481. The number of fused-ring (bicyclic) bond motifs is 1. The topological polar surface area (TPSA) is 46.0 Å². The van der Waals surface area contributed by atoms with Crippen molar-refractivity contribution in [2.24, 2.45) is 0 Å². The molecule has 0 fully saturated rings. The third-order valence-corrected chi connectivity index (χ3v) is 4.07. The number of nitrogens with zero attached hydrogens (tertiary/aromatic N) is 2. The van der Waals surface area contributed by atoms with E-state index in [2.05, 4.69) is 9.97 Å². The molecule has 0 atom stereocenters. The van der Waals surface area contributed by atoms with Gasteiger partial charge < -0.3 is 5.11 Å². The summed E-state index contributed by atoms with van der Waals surface area (Å²) in [6, 6.07) is 11.4. The minimum Gasteiger partial charge on any atom is -0.507 e. The third-order valence-electron chi connectivity index (χ3n) is 2.90. The van der Waals surface area contributed by atoms with Crippen molar-refractivity contribution < 1.29 is 5.11 Å². The van der Waals surface area contributed by atoms with Crippen molar-refractivity contribution in [3.05, 3.63) is 54.5 Å². The number of hydrogen-bond donors (Lipinski definition) is 1. The van der Waals surface area contributed by atoms with Crippen LogP contribution in [0.4, 0.5) is 0 Å². The monoisotopic (exact) mass is 268 g/mol. The number of aromatic hydroxyl groups is 1. The molecule has 0 bridgehead atoms. The highest BCUT2D eigenvalue weighted by Gasteiger charge is 2.08. The molecule has 1 N–H and O–H groups in total. The molecular weight excluding hydrogens is 256 g/mol. The molecule has 1 heterocycles. The van der Waals surface area contributed by atoms with E-state index >= 15 is 0 Å². The Bertz CT molecular complexity index is 743. The van der Waals surface area contributed by atoms with Crippen molar-refractivity contribution in [2.75, 3.05) is 0 Å². The molecule has 0 radical (unpaired) electrons. The molecule has 0 spiro atoms. The number of aromatic nitrogens is 2. The van der Waals surface area contributed by atoms with E-state index in [0.29, 0.717) is 5.75 Å². The number of phenolic OH excluding ortho intramolecular Hbond substituents is 1. The van der Waals surface area contributed by atoms with E-state index < -0.39 is 0 Å². The molecule has 3 rings (SSSR count). The first-order valence-corrected chi connectivity index (χ1v) is 6.73. The second-order valence-electron chi connectivity index (χ2n) is 4.18. The van der Waals surface area contributed by atoms with Gasteiger partial charge in [-0.15, -0.1) is 0 Å². The second-order valence-corrected chi connectivity index (χ2v) is 5.21. The molecule has 0 amide bonds. The quantitative estimate of drug-likeness (QED) is 0.768. The predicted octanol–water partition coefficient (Wildman–Crippen LogP) is 3.80. The van der Waals surface area contributed by atoms with Gasteiger partial charge >= 0.3 is 0 Å². The van der Waals surface area contributed by atoms with Crippen LogP contribution in [-0.2, 0) is 0 Å². The lowest BCUT2D eigenvalue weighted by Gasteiger charge is -2.08. The zero-order valence-corrected chi connectivity index (χ0v) is 11.2. The van der Waals surface area contributed by atoms with Crippen LogP contribution in [0.2, 0.25) is 0 Å². The Morgan fingerprint density at radius 2 is 1.68 bits per heavy atom. The molecular formula is C15H12N2OS. The maximum atomic E-state index is 9.88. The van der Waals surface area contributed by atoms with Gasteiger partial charge in [0.05, 0.1) is 5.69 Å². The Balaban J connectivity index is 2.12. The Hall–Kier alpha value is -2.07. The van der Waals surface area contributed by atoms with Crippen LogP contribution in [0, 0.1) is 6.92 Å². The largest absolute Gasteiger partial charge is 0.507 e. The van der Waals surface area contributed by atoms with Crippen molar-refractivity contribution in [1.82, 2.24) is 9.97 Å². The molecule has 0 unspecified atom stereocenters. The van der Waals surface area contributed by atoms with E-state index in [0.717, 1.165) is 26.4 Å². The summed E-state index contributed by atoms with van der Waals surface area (Å²) in [5, 5.41) is 12.6. The first kappa shape index (κ1) is 12.0. The normalized spacial score (nSPS) is 10.8. The van der Waals surface area contributed by atoms with Gasteiger partial charge in [-0.25, -0.2) is 4.98 Å². The van der Waals surface area contributed by atoms with Crippen molar-refractivity contribution in [1.29, 1.82) is 0 Å². The van der Waals surface area contributed by atoms with Crippen LogP contribution in [0.15, 0.2) is 58.7 Å². The van der Waals surface area contributed by atoms with E-state index in [4.69, 9.17) is 0 Å². The van der Waals surface area contributed by atoms with Crippen LogP contribution in [0.3, 0.4) is 0 Å². The lowest BCUT2D eigenvalue weighted by Crippen LogP contribution is -1.88. The second kappa shape index (κ2) is 4.90. The summed E-state index contributed by atoms with van der Waals surface area (Å²) >= 11 is 1.57. The predicted molar refractivity (Wildman–Crippen MR) is 76.5 cm³/mol. The first-order valence-electron chi connectivity index (χ1n) is 5.92. The summed E-state index contributed by atoms with van der Waals surface area (Å²) in [4.78, 5) is 9.65. The molecule has 2 aromatic carbocycles. The van der Waals surface area contributed by atoms with Crippen LogP contribution >= 0.6 is 11.8 Å². The SMILES string of the molecule is Cc1nccnc1Sc1ccc(O)c2ccccc12. The molecule has 1 aromatic heterocycles. The summed E-state index contributed by atoms with van der Waals surface area (Å²) in [6.07, 6.45) is 3.38. The molecule has 0 aliphatic rings. The van der Waals surface area contributed by atoms with E-state index in [9.17, 15) is 5.11 Å². The van der Waals surface area contributed by atoms with Crippen LogP contribution in [0.1, 0.15) is 5.69 Å². The number of phenols is 1. The van der Waals surface area contributed by atoms with E-state index in [1.54, 1.807) is 30.2 Å². The first-order chi connectivity index (χ1) is 9.25. The van der Waals surface area contributed by atoms with Crippen molar-refractivity contribution in [2.45, 2.75) is 16.8 Å². The van der Waals surface area contributed by atoms with Gasteiger partial charge in [0.25, 0.3) is 0 Å². The minimum atomic E-state index is 0.302. The van der Waals surface area contributed by atoms with Gasteiger partial charge in [0, 0.05) is 22.7 Å². The van der Waals surface area contributed by atoms with E-state index in [1.165, 1.54) is 0 Å². The zero-order valence-electron chi connectivity index (χ0n) is 10.4. The van der Waals surface area contributed by atoms with Gasteiger partial charge in [-0.2, -0.15) is 0 Å². The van der Waals surface area contributed by atoms with Crippen LogP contribution in [0.5, 0.6) is 5.75 Å². The molecule has 0 saturated carbocycles. The van der Waals surface area contributed by atoms with E-state index in [1.807, 2.05) is 37.3 Å². The van der Waals surface area contributed by atoms with E-state index in [-0.39, 0.29) is 0 Å². The fourth-order valence-corrected chi connectivity index (χ4v) is 2.89. The molecule has 0 aliphatic carbocycles. The minimum absolute atomic E-state index is 0.302. The molecule has 3 aromatic rings. The average molecular weight is 268 g/mol. The van der Waals surface area contributed by atoms with Crippen LogP contribution in [0.25, 0.3) is 10.8 Å². The van der Waals surface area contributed by atoms with Crippen molar-refractivity contribution in [3.63, 3.8) is 0 Å². The van der Waals surface area contributed by atoms with Crippen LogP contribution < -0.4 is 0 Å². The highest BCUT2D eigenvalue weighted by atomic mass is 32.2. The summed E-state index contributed by atoms with van der Waals surface area (Å²) < 4.78 is 0. The number of benzene rings is 2. The summed E-state index contributed by atoms with van der Waals surface area (Å²) in [5.74, 6) is 0.302. The number of rotatable bonds is 2. The van der Waals surface area contributed by atoms with Gasteiger partial charge in [0.2, 0.25) is 0 Å². The van der Waals surface area contributed by atoms with Gasteiger partial charge in [0.15, 0.2) is 0 Å². The Morgan fingerprint density at radius 3 is 2.47 bits per heavy atom. The molecule has 4 heteroatoms. The Kier molecular flexibility index (Phi) is 3.09. The third kappa shape index (κ3) is 2.27. The molecule has 0 saturated heterocycles. The maximum absolute atomic E-state index is 9.88. The fourth-order valence-electron chi connectivity index (χ4n) is 1.94. The zero-order chi connectivity index (χ0) is 13.2. The van der Waals surface area contributed by atoms with Gasteiger partial charge in [-0.05, 0) is 24.4 Å². The van der Waals surface area contributed by atoms with Crippen LogP contribution in [-0.4, -0.2) is 15.1 Å². The lowest BCUT2D eigenvalue weighted by atomic mass is 10.1. The highest BCUT2D eigenvalue weighted by molar-refractivity contribution is 7.99. The van der Waals surface area contributed by atoms with Crippen molar-refractivity contribution >= 4 is 22.5 Å². The summed E-state index contributed by atoms with van der Waals surface area (Å²) in [5.41, 5.74) is 0.907. The molecule has 0 aliphatic heterocycles. The Morgan fingerprint density at radius 1 is 0.947 bits per heavy atom. The van der Waals surface area contributed by atoms with Crippen molar-refractivity contribution in [3.8, 4) is 5.75 Å². The van der Waals surface area contributed by atoms with Gasteiger partial charge in [-0.1, -0.05) is 36.0 Å². The average Bonchev–Trinajstić information content (AvgIpc) is 2.44. The molecule has 3 nitrogen and oxygen atoms in total. The number of hydrogen-bond acceptors (Lipinski definition) is 4. The Labute approximate surface area is 115 Å². The fraction of sp³-hybridized carbons (Fsp3) is 0.0667. The molecule has 94 valence electrons.